The summed E-state index contributed by atoms with van der Waals surface area (Å²) < 4.78 is 28.2. The van der Waals surface area contributed by atoms with Gasteiger partial charge in [-0.05, 0) is 61.2 Å². The minimum Gasteiger partial charge on any atom is -0.320 e. The van der Waals surface area contributed by atoms with Crippen molar-refractivity contribution in [2.24, 2.45) is 0 Å². The van der Waals surface area contributed by atoms with Gasteiger partial charge >= 0.3 is 6.03 Å². The molecule has 0 saturated carbocycles. The van der Waals surface area contributed by atoms with Gasteiger partial charge in [-0.2, -0.15) is 0 Å². The standard InChI is InChI=1S/C26H25F2N3O2/c1-17-11-12-23(22(15-17)29-25(32)24-20(27)9-5-10-21(24)28)31-14-6-13-30(26(31)33)16-19-8-4-3-7-18(19)2/h3-5,7-12,15H,6,13-14,16H2,1-2H3,(H,29,32). The summed E-state index contributed by atoms with van der Waals surface area (Å²) in [6.45, 7) is 5.43. The molecular formula is C26H25F2N3O2. The number of carbonyl (C=O) groups excluding carboxylic acids is 2. The Balaban J connectivity index is 1.62. The highest BCUT2D eigenvalue weighted by atomic mass is 19.1. The fourth-order valence-corrected chi connectivity index (χ4v) is 4.03. The molecule has 0 unspecified atom stereocenters. The first-order chi connectivity index (χ1) is 15.8. The van der Waals surface area contributed by atoms with Gasteiger partial charge in [0.05, 0.1) is 11.4 Å². The van der Waals surface area contributed by atoms with Crippen molar-refractivity contribution >= 4 is 23.3 Å². The Bertz CT molecular complexity index is 1190. The van der Waals surface area contributed by atoms with Gasteiger partial charge in [0.1, 0.15) is 17.2 Å². The van der Waals surface area contributed by atoms with Crippen LogP contribution in [0.1, 0.15) is 33.5 Å². The highest BCUT2D eigenvalue weighted by molar-refractivity contribution is 6.08. The summed E-state index contributed by atoms with van der Waals surface area (Å²) in [6.07, 6.45) is 0.751. The van der Waals surface area contributed by atoms with E-state index in [4.69, 9.17) is 0 Å². The summed E-state index contributed by atoms with van der Waals surface area (Å²) in [5.41, 5.74) is 3.18. The van der Waals surface area contributed by atoms with Crippen molar-refractivity contribution < 1.29 is 18.4 Å². The lowest BCUT2D eigenvalue weighted by Crippen LogP contribution is -2.49. The maximum absolute atomic E-state index is 14.1. The number of urea groups is 1. The molecule has 3 aromatic carbocycles. The Morgan fingerprint density at radius 1 is 0.970 bits per heavy atom. The van der Waals surface area contributed by atoms with Gasteiger partial charge < -0.3 is 10.2 Å². The van der Waals surface area contributed by atoms with Crippen LogP contribution < -0.4 is 10.2 Å². The monoisotopic (exact) mass is 449 g/mol. The van der Waals surface area contributed by atoms with Gasteiger partial charge in [-0.1, -0.05) is 36.4 Å². The number of rotatable bonds is 5. The van der Waals surface area contributed by atoms with E-state index in [2.05, 4.69) is 5.32 Å². The molecule has 1 fully saturated rings. The van der Waals surface area contributed by atoms with E-state index in [1.54, 1.807) is 21.9 Å². The SMILES string of the molecule is Cc1ccc(N2CCCN(Cc3ccccc3C)C2=O)c(NC(=O)c2c(F)cccc2F)c1. The first-order valence-corrected chi connectivity index (χ1v) is 10.8. The fraction of sp³-hybridized carbons (Fsp3) is 0.231. The van der Waals surface area contributed by atoms with Crippen LogP contribution in [0.15, 0.2) is 60.7 Å². The predicted octanol–water partition coefficient (Wildman–Crippen LogP) is 5.67. The molecule has 0 aromatic heterocycles. The van der Waals surface area contributed by atoms with Gasteiger partial charge in [0.25, 0.3) is 5.91 Å². The summed E-state index contributed by atoms with van der Waals surface area (Å²) in [7, 11) is 0. The van der Waals surface area contributed by atoms with E-state index in [9.17, 15) is 18.4 Å². The number of carbonyl (C=O) groups is 2. The summed E-state index contributed by atoms with van der Waals surface area (Å²) in [5.74, 6) is -2.79. The minimum absolute atomic E-state index is 0.180. The molecule has 170 valence electrons. The fourth-order valence-electron chi connectivity index (χ4n) is 4.03. The lowest BCUT2D eigenvalue weighted by molar-refractivity contribution is 0.101. The molecule has 0 spiro atoms. The molecule has 7 heteroatoms. The third-order valence-corrected chi connectivity index (χ3v) is 5.81. The first-order valence-electron chi connectivity index (χ1n) is 10.8. The molecule has 1 heterocycles. The van der Waals surface area contributed by atoms with E-state index < -0.39 is 23.1 Å². The molecule has 0 aliphatic carbocycles. The van der Waals surface area contributed by atoms with E-state index in [1.807, 2.05) is 44.2 Å². The number of nitrogens with one attached hydrogen (secondary N) is 1. The summed E-state index contributed by atoms with van der Waals surface area (Å²) in [5, 5.41) is 2.61. The molecule has 1 N–H and O–H groups in total. The van der Waals surface area contributed by atoms with Gasteiger partial charge in [-0.25, -0.2) is 13.6 Å². The topological polar surface area (TPSA) is 52.6 Å². The average Bonchev–Trinajstić information content (AvgIpc) is 2.77. The van der Waals surface area contributed by atoms with Crippen LogP contribution in [0.5, 0.6) is 0 Å². The largest absolute Gasteiger partial charge is 0.324 e. The molecule has 3 aromatic rings. The highest BCUT2D eigenvalue weighted by Crippen LogP contribution is 2.31. The van der Waals surface area contributed by atoms with Gasteiger partial charge in [0.2, 0.25) is 0 Å². The average molecular weight is 450 g/mol. The van der Waals surface area contributed by atoms with E-state index in [1.165, 1.54) is 6.07 Å². The number of anilines is 2. The van der Waals surface area contributed by atoms with E-state index in [0.717, 1.165) is 35.2 Å². The highest BCUT2D eigenvalue weighted by Gasteiger charge is 2.29. The summed E-state index contributed by atoms with van der Waals surface area (Å²) >= 11 is 0. The van der Waals surface area contributed by atoms with Crippen LogP contribution in [0.3, 0.4) is 0 Å². The van der Waals surface area contributed by atoms with Gasteiger partial charge in [-0.3, -0.25) is 9.69 Å². The van der Waals surface area contributed by atoms with Crippen molar-refractivity contribution in [1.82, 2.24) is 4.90 Å². The van der Waals surface area contributed by atoms with Crippen LogP contribution in [0.2, 0.25) is 0 Å². The lowest BCUT2D eigenvalue weighted by Gasteiger charge is -2.36. The van der Waals surface area contributed by atoms with Gasteiger partial charge in [-0.15, -0.1) is 0 Å². The molecule has 5 nitrogen and oxygen atoms in total. The molecule has 33 heavy (non-hydrogen) atoms. The molecular weight excluding hydrogens is 424 g/mol. The molecule has 3 amide bonds. The number of hydrogen-bond acceptors (Lipinski definition) is 2. The Kier molecular flexibility index (Phi) is 6.40. The predicted molar refractivity (Wildman–Crippen MR) is 124 cm³/mol. The minimum atomic E-state index is -0.944. The first kappa shape index (κ1) is 22.5. The number of nitrogens with zero attached hydrogens (tertiary/aromatic N) is 2. The third-order valence-electron chi connectivity index (χ3n) is 5.81. The quantitative estimate of drug-likeness (QED) is 0.546. The van der Waals surface area contributed by atoms with Crippen molar-refractivity contribution in [2.75, 3.05) is 23.3 Å². The molecule has 1 aliphatic heterocycles. The molecule has 4 rings (SSSR count). The number of halogens is 2. The Labute approximate surface area is 191 Å². The number of benzene rings is 3. The number of hydrogen-bond donors (Lipinski definition) is 1. The molecule has 0 atom stereocenters. The third kappa shape index (κ3) is 4.72. The Morgan fingerprint density at radius 3 is 2.42 bits per heavy atom. The normalized spacial score (nSPS) is 13.9. The van der Waals surface area contributed by atoms with Crippen LogP contribution in [-0.2, 0) is 6.54 Å². The second-order valence-corrected chi connectivity index (χ2v) is 8.21. The maximum atomic E-state index is 14.1. The molecule has 0 radical (unpaired) electrons. The Morgan fingerprint density at radius 2 is 1.70 bits per heavy atom. The number of aryl methyl sites for hydroxylation is 2. The Hall–Kier alpha value is -3.74. The van der Waals surface area contributed by atoms with Crippen molar-refractivity contribution in [2.45, 2.75) is 26.8 Å². The zero-order valence-corrected chi connectivity index (χ0v) is 18.6. The summed E-state index contributed by atoms with van der Waals surface area (Å²) in [6, 6.07) is 16.3. The zero-order valence-electron chi connectivity index (χ0n) is 18.6. The number of amides is 3. The van der Waals surface area contributed by atoms with E-state index >= 15 is 0 Å². The molecule has 1 saturated heterocycles. The van der Waals surface area contributed by atoms with Gasteiger partial charge in [0.15, 0.2) is 0 Å². The maximum Gasteiger partial charge on any atom is 0.324 e. The van der Waals surface area contributed by atoms with Gasteiger partial charge in [0, 0.05) is 19.6 Å². The molecule has 0 bridgehead atoms. The van der Waals surface area contributed by atoms with Crippen LogP contribution in [-0.4, -0.2) is 29.9 Å². The van der Waals surface area contributed by atoms with Crippen LogP contribution in [0.4, 0.5) is 25.0 Å². The van der Waals surface area contributed by atoms with E-state index in [-0.39, 0.29) is 6.03 Å². The van der Waals surface area contributed by atoms with Crippen molar-refractivity contribution in [3.05, 3.63) is 94.6 Å². The van der Waals surface area contributed by atoms with Crippen molar-refractivity contribution in [3.63, 3.8) is 0 Å². The smallest absolute Gasteiger partial charge is 0.320 e. The van der Waals surface area contributed by atoms with Crippen molar-refractivity contribution in [1.29, 1.82) is 0 Å². The summed E-state index contributed by atoms with van der Waals surface area (Å²) in [4.78, 5) is 29.5. The lowest BCUT2D eigenvalue weighted by atomic mass is 10.1. The van der Waals surface area contributed by atoms with Crippen molar-refractivity contribution in [3.8, 4) is 0 Å². The molecule has 1 aliphatic rings. The second kappa shape index (κ2) is 9.40. The second-order valence-electron chi connectivity index (χ2n) is 8.21. The zero-order chi connectivity index (χ0) is 23.5. The van der Waals surface area contributed by atoms with Crippen LogP contribution >= 0.6 is 0 Å². The van der Waals surface area contributed by atoms with Crippen LogP contribution in [0, 0.1) is 25.5 Å². The van der Waals surface area contributed by atoms with E-state index in [0.29, 0.717) is 31.0 Å². The van der Waals surface area contributed by atoms with Crippen LogP contribution in [0.25, 0.3) is 0 Å².